The Bertz CT molecular complexity index is 492. The molecule has 4 aliphatic heterocycles. The van der Waals surface area contributed by atoms with Crippen LogP contribution >= 0.6 is 0 Å². The fourth-order valence-corrected chi connectivity index (χ4v) is 5.12. The highest BCUT2D eigenvalue weighted by atomic mass is 19.4. The van der Waals surface area contributed by atoms with Crippen LogP contribution in [0.15, 0.2) is 0 Å². The van der Waals surface area contributed by atoms with Gasteiger partial charge in [-0.3, -0.25) is 0 Å². The summed E-state index contributed by atoms with van der Waals surface area (Å²) in [6.07, 6.45) is -9.00. The standard InChI is InChI=1S/C14H17F5O2/c1-4-5(2)9-7-6(8(4)20-9)10-12(3,14(17,18)19)13(15,16)11(7)21-10/h4-11H,1-3H3. The third-order valence-electron chi connectivity index (χ3n) is 6.58. The summed E-state index contributed by atoms with van der Waals surface area (Å²) in [4.78, 5) is 0. The second-order valence-electron chi connectivity index (χ2n) is 7.24. The van der Waals surface area contributed by atoms with Gasteiger partial charge in [-0.2, -0.15) is 13.2 Å². The lowest BCUT2D eigenvalue weighted by atomic mass is 9.56. The van der Waals surface area contributed by atoms with Crippen LogP contribution in [0.1, 0.15) is 20.8 Å². The number of fused-ring (bicyclic) bond motifs is 9. The average molecular weight is 312 g/mol. The summed E-state index contributed by atoms with van der Waals surface area (Å²) >= 11 is 0. The molecule has 0 aliphatic carbocycles. The van der Waals surface area contributed by atoms with Gasteiger partial charge in [0.2, 0.25) is 0 Å². The molecule has 7 heteroatoms. The first-order valence-electron chi connectivity index (χ1n) is 7.29. The molecule has 0 saturated carbocycles. The van der Waals surface area contributed by atoms with Gasteiger partial charge in [-0.25, -0.2) is 8.78 Å². The Hall–Kier alpha value is -0.430. The zero-order chi connectivity index (χ0) is 15.5. The van der Waals surface area contributed by atoms with E-state index in [4.69, 9.17) is 9.47 Å². The van der Waals surface area contributed by atoms with Crippen LogP contribution in [0.5, 0.6) is 0 Å². The first-order valence-corrected chi connectivity index (χ1v) is 7.29. The van der Waals surface area contributed by atoms with Crippen molar-refractivity contribution in [3.8, 4) is 0 Å². The molecule has 9 unspecified atom stereocenters. The molecule has 120 valence electrons. The zero-order valence-electron chi connectivity index (χ0n) is 11.8. The Balaban J connectivity index is 1.80. The number of halogens is 5. The Morgan fingerprint density at radius 3 is 1.81 bits per heavy atom. The molecule has 4 aliphatic rings. The van der Waals surface area contributed by atoms with Gasteiger partial charge in [0.15, 0.2) is 5.41 Å². The minimum Gasteiger partial charge on any atom is -0.374 e. The summed E-state index contributed by atoms with van der Waals surface area (Å²) in [5.41, 5.74) is -3.12. The van der Waals surface area contributed by atoms with E-state index in [1.807, 2.05) is 13.8 Å². The van der Waals surface area contributed by atoms with Crippen LogP contribution in [0.3, 0.4) is 0 Å². The molecular weight excluding hydrogens is 295 g/mol. The monoisotopic (exact) mass is 312 g/mol. The molecular formula is C14H17F5O2. The van der Waals surface area contributed by atoms with Crippen LogP contribution in [-0.4, -0.2) is 36.5 Å². The van der Waals surface area contributed by atoms with Crippen molar-refractivity contribution in [2.45, 2.75) is 57.3 Å². The first kappa shape index (κ1) is 14.2. The SMILES string of the molecule is CC1C(C)C2OC1C1C2C2OC1C(F)(F)C2(C)C(F)(F)F. The second-order valence-corrected chi connectivity index (χ2v) is 7.24. The molecule has 4 rings (SSSR count). The second kappa shape index (κ2) is 3.55. The Kier molecular flexibility index (Phi) is 2.40. The highest BCUT2D eigenvalue weighted by Gasteiger charge is 2.87. The van der Waals surface area contributed by atoms with Crippen molar-refractivity contribution in [3.05, 3.63) is 0 Å². The van der Waals surface area contributed by atoms with Gasteiger partial charge >= 0.3 is 6.18 Å². The van der Waals surface area contributed by atoms with E-state index in [-0.39, 0.29) is 11.8 Å². The van der Waals surface area contributed by atoms with Gasteiger partial charge in [-0.15, -0.1) is 0 Å². The molecule has 0 aromatic carbocycles. The molecule has 4 bridgehead atoms. The third kappa shape index (κ3) is 1.25. The number of alkyl halides is 5. The minimum atomic E-state index is -5.00. The summed E-state index contributed by atoms with van der Waals surface area (Å²) in [5.74, 6) is -4.94. The maximum Gasteiger partial charge on any atom is 0.402 e. The predicted octanol–water partition coefficient (Wildman–Crippen LogP) is 3.26. The van der Waals surface area contributed by atoms with Gasteiger partial charge in [0.1, 0.15) is 6.10 Å². The van der Waals surface area contributed by atoms with E-state index in [2.05, 4.69) is 0 Å². The van der Waals surface area contributed by atoms with Gasteiger partial charge in [-0.05, 0) is 18.8 Å². The summed E-state index contributed by atoms with van der Waals surface area (Å²) in [6.45, 7) is 4.44. The van der Waals surface area contributed by atoms with Crippen LogP contribution < -0.4 is 0 Å². The van der Waals surface area contributed by atoms with Crippen LogP contribution in [-0.2, 0) is 9.47 Å². The molecule has 4 heterocycles. The Labute approximate surface area is 119 Å². The topological polar surface area (TPSA) is 18.5 Å². The van der Waals surface area contributed by atoms with E-state index in [9.17, 15) is 22.0 Å². The smallest absolute Gasteiger partial charge is 0.374 e. The normalized spacial score (nSPS) is 60.6. The summed E-state index contributed by atoms with van der Waals surface area (Å²) in [5, 5.41) is 0. The molecule has 0 spiro atoms. The van der Waals surface area contributed by atoms with E-state index >= 15 is 0 Å². The highest BCUT2D eigenvalue weighted by molar-refractivity contribution is 5.24. The molecule has 4 fully saturated rings. The van der Waals surface area contributed by atoms with Gasteiger partial charge in [-0.1, -0.05) is 13.8 Å². The van der Waals surface area contributed by atoms with Crippen molar-refractivity contribution in [2.75, 3.05) is 0 Å². The summed E-state index contributed by atoms with van der Waals surface area (Å²) in [6, 6.07) is 0. The van der Waals surface area contributed by atoms with Crippen molar-refractivity contribution in [1.82, 2.24) is 0 Å². The molecule has 2 nitrogen and oxygen atoms in total. The lowest BCUT2D eigenvalue weighted by molar-refractivity contribution is -0.304. The molecule has 0 radical (unpaired) electrons. The number of ether oxygens (including phenoxy) is 2. The zero-order valence-corrected chi connectivity index (χ0v) is 11.8. The largest absolute Gasteiger partial charge is 0.402 e. The van der Waals surface area contributed by atoms with E-state index in [0.29, 0.717) is 6.92 Å². The van der Waals surface area contributed by atoms with E-state index in [0.717, 1.165) is 0 Å². The van der Waals surface area contributed by atoms with E-state index in [1.54, 1.807) is 0 Å². The number of hydrogen-bond donors (Lipinski definition) is 0. The van der Waals surface area contributed by atoms with Crippen LogP contribution in [0.2, 0.25) is 0 Å². The number of rotatable bonds is 0. The van der Waals surface area contributed by atoms with Gasteiger partial charge in [0, 0.05) is 11.8 Å². The van der Waals surface area contributed by atoms with Crippen molar-refractivity contribution < 1.29 is 31.4 Å². The van der Waals surface area contributed by atoms with Crippen molar-refractivity contribution in [1.29, 1.82) is 0 Å². The lowest BCUT2D eigenvalue weighted by Gasteiger charge is -2.47. The minimum absolute atomic E-state index is 0.0744. The Morgan fingerprint density at radius 1 is 0.857 bits per heavy atom. The lowest BCUT2D eigenvalue weighted by Crippen LogP contribution is -2.64. The number of hydrogen-bond acceptors (Lipinski definition) is 2. The summed E-state index contributed by atoms with van der Waals surface area (Å²) in [7, 11) is 0. The maximum absolute atomic E-state index is 14.5. The van der Waals surface area contributed by atoms with Crippen molar-refractivity contribution in [2.24, 2.45) is 29.1 Å². The summed E-state index contributed by atoms with van der Waals surface area (Å²) < 4.78 is 80.0. The molecule has 0 N–H and O–H groups in total. The fourth-order valence-electron chi connectivity index (χ4n) is 5.12. The molecule has 0 amide bonds. The molecule has 0 aromatic heterocycles. The predicted molar refractivity (Wildman–Crippen MR) is 61.7 cm³/mol. The third-order valence-corrected chi connectivity index (χ3v) is 6.58. The first-order chi connectivity index (χ1) is 9.53. The van der Waals surface area contributed by atoms with Crippen LogP contribution in [0.4, 0.5) is 22.0 Å². The fraction of sp³-hybridized carbons (Fsp3) is 1.00. The molecule has 9 atom stereocenters. The average Bonchev–Trinajstić information content (AvgIpc) is 3.01. The van der Waals surface area contributed by atoms with Crippen LogP contribution in [0, 0.1) is 29.1 Å². The Morgan fingerprint density at radius 2 is 1.33 bits per heavy atom. The maximum atomic E-state index is 14.5. The highest BCUT2D eigenvalue weighted by Crippen LogP contribution is 2.72. The molecule has 4 saturated heterocycles. The van der Waals surface area contributed by atoms with E-state index in [1.165, 1.54) is 0 Å². The van der Waals surface area contributed by atoms with Gasteiger partial charge in [0.25, 0.3) is 5.92 Å². The van der Waals surface area contributed by atoms with Gasteiger partial charge < -0.3 is 9.47 Å². The van der Waals surface area contributed by atoms with Gasteiger partial charge in [0.05, 0.1) is 18.3 Å². The van der Waals surface area contributed by atoms with Crippen LogP contribution in [0.25, 0.3) is 0 Å². The molecule has 0 aromatic rings. The van der Waals surface area contributed by atoms with E-state index < -0.39 is 53.8 Å². The van der Waals surface area contributed by atoms with Crippen molar-refractivity contribution in [3.63, 3.8) is 0 Å². The molecule has 21 heavy (non-hydrogen) atoms. The van der Waals surface area contributed by atoms with Crippen molar-refractivity contribution >= 4 is 0 Å². The quantitative estimate of drug-likeness (QED) is 0.639.